The number of nitrogens with one attached hydrogen (secondary N) is 1. The Morgan fingerprint density at radius 2 is 1.95 bits per heavy atom. The lowest BCUT2D eigenvalue weighted by molar-refractivity contribution is 0.0368. The van der Waals surface area contributed by atoms with E-state index in [2.05, 4.69) is 34.3 Å². The zero-order valence-electron chi connectivity index (χ0n) is 13.0. The lowest BCUT2D eigenvalue weighted by atomic mass is 10.1. The third-order valence-corrected chi connectivity index (χ3v) is 4.17. The van der Waals surface area contributed by atoms with E-state index in [1.807, 2.05) is 6.07 Å². The Bertz CT molecular complexity index is 469. The predicted octanol–water partition coefficient (Wildman–Crippen LogP) is 0.793. The highest BCUT2D eigenvalue weighted by atomic mass is 16.5. The van der Waals surface area contributed by atoms with Crippen LogP contribution in [0.1, 0.15) is 5.56 Å². The van der Waals surface area contributed by atoms with Crippen molar-refractivity contribution >= 4 is 0 Å². The summed E-state index contributed by atoms with van der Waals surface area (Å²) in [5.74, 6) is 1.71. The quantitative estimate of drug-likeness (QED) is 0.868. The maximum absolute atomic E-state index is 6.08. The van der Waals surface area contributed by atoms with Crippen LogP contribution in [-0.4, -0.2) is 69.3 Å². The van der Waals surface area contributed by atoms with Crippen LogP contribution in [0.25, 0.3) is 0 Å². The van der Waals surface area contributed by atoms with Crippen molar-refractivity contribution in [3.63, 3.8) is 0 Å². The van der Waals surface area contributed by atoms with Crippen molar-refractivity contribution in [3.05, 3.63) is 23.8 Å². The maximum Gasteiger partial charge on any atom is 0.162 e. The molecule has 1 N–H and O–H groups in total. The topological polar surface area (TPSA) is 37.0 Å². The standard InChI is InChI=1S/C16H25N3O2/c1-18-11-14(12-18)21-16-9-13(3-4-15(16)20-2)10-19-7-5-17-6-8-19/h3-4,9,14,17H,5-8,10-12H2,1-2H3. The first-order valence-electron chi connectivity index (χ1n) is 7.70. The second kappa shape index (κ2) is 6.64. The van der Waals surface area contributed by atoms with Crippen molar-refractivity contribution in [3.8, 4) is 11.5 Å². The zero-order chi connectivity index (χ0) is 14.7. The summed E-state index contributed by atoms with van der Waals surface area (Å²) < 4.78 is 11.5. The van der Waals surface area contributed by atoms with E-state index >= 15 is 0 Å². The summed E-state index contributed by atoms with van der Waals surface area (Å²) in [6.07, 6.45) is 0.290. The molecule has 0 radical (unpaired) electrons. The summed E-state index contributed by atoms with van der Waals surface area (Å²) >= 11 is 0. The van der Waals surface area contributed by atoms with E-state index in [0.717, 1.165) is 57.3 Å². The minimum absolute atomic E-state index is 0.290. The Morgan fingerprint density at radius 3 is 2.62 bits per heavy atom. The third-order valence-electron chi connectivity index (χ3n) is 4.17. The average molecular weight is 291 g/mol. The molecular formula is C16H25N3O2. The predicted molar refractivity (Wildman–Crippen MR) is 83.1 cm³/mol. The fraction of sp³-hybridized carbons (Fsp3) is 0.625. The van der Waals surface area contributed by atoms with Gasteiger partial charge in [0.25, 0.3) is 0 Å². The van der Waals surface area contributed by atoms with E-state index in [-0.39, 0.29) is 0 Å². The molecule has 21 heavy (non-hydrogen) atoms. The van der Waals surface area contributed by atoms with Gasteiger partial charge in [-0.1, -0.05) is 6.07 Å². The molecule has 1 aromatic rings. The summed E-state index contributed by atoms with van der Waals surface area (Å²) in [6, 6.07) is 6.30. The van der Waals surface area contributed by atoms with Crippen molar-refractivity contribution < 1.29 is 9.47 Å². The fourth-order valence-corrected chi connectivity index (χ4v) is 2.93. The molecule has 2 heterocycles. The number of likely N-dealkylation sites (tertiary alicyclic amines) is 1. The molecule has 3 rings (SSSR count). The van der Waals surface area contributed by atoms with Gasteiger partial charge in [0.05, 0.1) is 7.11 Å². The number of benzene rings is 1. The van der Waals surface area contributed by atoms with Crippen LogP contribution in [0.2, 0.25) is 0 Å². The molecule has 2 aliphatic rings. The van der Waals surface area contributed by atoms with E-state index < -0.39 is 0 Å². The lowest BCUT2D eigenvalue weighted by Gasteiger charge is -2.36. The summed E-state index contributed by atoms with van der Waals surface area (Å²) in [4.78, 5) is 4.72. The van der Waals surface area contributed by atoms with E-state index in [1.165, 1.54) is 5.56 Å². The Hall–Kier alpha value is -1.30. The number of nitrogens with zero attached hydrogens (tertiary/aromatic N) is 2. The number of rotatable bonds is 5. The van der Waals surface area contributed by atoms with Crippen LogP contribution in [0.3, 0.4) is 0 Å². The van der Waals surface area contributed by atoms with E-state index in [0.29, 0.717) is 6.10 Å². The molecule has 0 amide bonds. The van der Waals surface area contributed by atoms with Crippen molar-refractivity contribution in [2.24, 2.45) is 0 Å². The summed E-state index contributed by atoms with van der Waals surface area (Å²) in [5.41, 5.74) is 1.29. The molecule has 0 aliphatic carbocycles. The van der Waals surface area contributed by atoms with Crippen LogP contribution >= 0.6 is 0 Å². The Labute approximate surface area is 126 Å². The first kappa shape index (κ1) is 14.6. The number of ether oxygens (including phenoxy) is 2. The molecule has 2 aliphatic heterocycles. The molecule has 2 fully saturated rings. The van der Waals surface area contributed by atoms with E-state index in [9.17, 15) is 0 Å². The van der Waals surface area contributed by atoms with Gasteiger partial charge in [-0.2, -0.15) is 0 Å². The van der Waals surface area contributed by atoms with Crippen LogP contribution in [0.5, 0.6) is 11.5 Å². The second-order valence-corrected chi connectivity index (χ2v) is 5.97. The zero-order valence-corrected chi connectivity index (χ0v) is 13.0. The Balaban J connectivity index is 1.66. The molecule has 5 nitrogen and oxygen atoms in total. The van der Waals surface area contributed by atoms with Gasteiger partial charge in [-0.25, -0.2) is 0 Å². The van der Waals surface area contributed by atoms with Crippen LogP contribution in [0, 0.1) is 0 Å². The van der Waals surface area contributed by atoms with Crippen LogP contribution in [0.4, 0.5) is 0 Å². The van der Waals surface area contributed by atoms with Crippen molar-refractivity contribution in [1.82, 2.24) is 15.1 Å². The molecule has 0 unspecified atom stereocenters. The SMILES string of the molecule is COc1ccc(CN2CCNCC2)cc1OC1CN(C)C1. The Kier molecular flexibility index (Phi) is 4.63. The molecule has 0 aromatic heterocycles. The number of piperazine rings is 1. The van der Waals surface area contributed by atoms with Gasteiger partial charge in [-0.15, -0.1) is 0 Å². The fourth-order valence-electron chi connectivity index (χ4n) is 2.93. The third kappa shape index (κ3) is 3.67. The van der Waals surface area contributed by atoms with Gasteiger partial charge in [0, 0.05) is 45.8 Å². The van der Waals surface area contributed by atoms with Crippen molar-refractivity contribution in [1.29, 1.82) is 0 Å². The molecule has 0 spiro atoms. The average Bonchev–Trinajstić information content (AvgIpc) is 2.47. The summed E-state index contributed by atoms with van der Waals surface area (Å²) in [6.45, 7) is 7.33. The first-order chi connectivity index (χ1) is 10.2. The largest absolute Gasteiger partial charge is 0.493 e. The van der Waals surface area contributed by atoms with Crippen LogP contribution in [-0.2, 0) is 6.54 Å². The smallest absolute Gasteiger partial charge is 0.162 e. The number of hydrogen-bond donors (Lipinski definition) is 1. The molecule has 0 atom stereocenters. The highest BCUT2D eigenvalue weighted by molar-refractivity contribution is 5.43. The van der Waals surface area contributed by atoms with Crippen LogP contribution in [0.15, 0.2) is 18.2 Å². The number of methoxy groups -OCH3 is 1. The Morgan fingerprint density at radius 1 is 1.19 bits per heavy atom. The van der Waals surface area contributed by atoms with Gasteiger partial charge >= 0.3 is 0 Å². The molecule has 116 valence electrons. The van der Waals surface area contributed by atoms with Crippen molar-refractivity contribution in [2.45, 2.75) is 12.6 Å². The van der Waals surface area contributed by atoms with Gasteiger partial charge in [0.15, 0.2) is 11.5 Å². The number of likely N-dealkylation sites (N-methyl/N-ethyl adjacent to an activating group) is 1. The maximum atomic E-state index is 6.08. The monoisotopic (exact) mass is 291 g/mol. The van der Waals surface area contributed by atoms with E-state index in [4.69, 9.17) is 9.47 Å². The van der Waals surface area contributed by atoms with Crippen LogP contribution < -0.4 is 14.8 Å². The normalized spacial score (nSPS) is 21.0. The molecule has 1 aromatic carbocycles. The van der Waals surface area contributed by atoms with Gasteiger partial charge in [-0.05, 0) is 24.7 Å². The highest BCUT2D eigenvalue weighted by Gasteiger charge is 2.26. The minimum Gasteiger partial charge on any atom is -0.493 e. The first-order valence-corrected chi connectivity index (χ1v) is 7.70. The lowest BCUT2D eigenvalue weighted by Crippen LogP contribution is -2.51. The molecule has 0 bridgehead atoms. The van der Waals surface area contributed by atoms with Crippen molar-refractivity contribution in [2.75, 3.05) is 53.4 Å². The van der Waals surface area contributed by atoms with E-state index in [1.54, 1.807) is 7.11 Å². The van der Waals surface area contributed by atoms with Gasteiger partial charge in [0.1, 0.15) is 6.10 Å². The highest BCUT2D eigenvalue weighted by Crippen LogP contribution is 2.30. The molecular weight excluding hydrogens is 266 g/mol. The second-order valence-electron chi connectivity index (χ2n) is 5.97. The molecule has 2 saturated heterocycles. The summed E-state index contributed by atoms with van der Waals surface area (Å²) in [5, 5.41) is 3.38. The van der Waals surface area contributed by atoms with Gasteiger partial charge in [-0.3, -0.25) is 9.80 Å². The molecule has 0 saturated carbocycles. The minimum atomic E-state index is 0.290. The van der Waals surface area contributed by atoms with Gasteiger partial charge in [0.2, 0.25) is 0 Å². The number of hydrogen-bond acceptors (Lipinski definition) is 5. The van der Waals surface area contributed by atoms with Gasteiger partial charge < -0.3 is 14.8 Å². The summed E-state index contributed by atoms with van der Waals surface area (Å²) in [7, 11) is 3.81. The molecule has 5 heteroatoms.